The number of carbonyl (C=O) groups excluding carboxylic acids is 1. The third-order valence-electron chi connectivity index (χ3n) is 4.12. The number of carboxylic acids is 1. The number of benzene rings is 1. The Hall–Kier alpha value is -2.37. The van der Waals surface area contributed by atoms with Crippen molar-refractivity contribution >= 4 is 22.9 Å². The Labute approximate surface area is 128 Å². The zero-order valence-corrected chi connectivity index (χ0v) is 12.3. The minimum absolute atomic E-state index is 0.104. The summed E-state index contributed by atoms with van der Waals surface area (Å²) in [6.45, 7) is 0.538. The molecule has 0 unspecified atom stereocenters. The van der Waals surface area contributed by atoms with Gasteiger partial charge in [-0.25, -0.2) is 9.78 Å². The lowest BCUT2D eigenvalue weighted by Gasteiger charge is -2.33. The summed E-state index contributed by atoms with van der Waals surface area (Å²) in [5.41, 5.74) is 1.83. The van der Waals surface area contributed by atoms with Gasteiger partial charge in [0.1, 0.15) is 11.9 Å². The van der Waals surface area contributed by atoms with Crippen LogP contribution in [0, 0.1) is 0 Å². The number of amides is 1. The molecule has 116 valence electrons. The molecule has 6 nitrogen and oxygen atoms in total. The number of piperidine rings is 1. The molecule has 1 saturated heterocycles. The number of aromatic amines is 1. The number of aromatic nitrogens is 2. The van der Waals surface area contributed by atoms with E-state index in [4.69, 9.17) is 0 Å². The molecule has 0 radical (unpaired) electrons. The number of para-hydroxylation sites is 2. The molecule has 0 aliphatic carbocycles. The third-order valence-corrected chi connectivity index (χ3v) is 4.12. The van der Waals surface area contributed by atoms with E-state index in [1.165, 1.54) is 4.90 Å². The minimum Gasteiger partial charge on any atom is -0.480 e. The quantitative estimate of drug-likeness (QED) is 0.904. The van der Waals surface area contributed by atoms with E-state index in [0.717, 1.165) is 29.7 Å². The second-order valence-electron chi connectivity index (χ2n) is 5.64. The first kappa shape index (κ1) is 14.6. The number of aryl methyl sites for hydroxylation is 1. The number of H-pyrrole nitrogens is 1. The van der Waals surface area contributed by atoms with Crippen molar-refractivity contribution in [2.24, 2.45) is 0 Å². The molecule has 22 heavy (non-hydrogen) atoms. The van der Waals surface area contributed by atoms with E-state index in [1.807, 2.05) is 24.3 Å². The number of likely N-dealkylation sites (tertiary alicyclic amines) is 1. The lowest BCUT2D eigenvalue weighted by atomic mass is 10.0. The number of rotatable bonds is 4. The van der Waals surface area contributed by atoms with Crippen molar-refractivity contribution in [3.63, 3.8) is 0 Å². The van der Waals surface area contributed by atoms with Crippen LogP contribution < -0.4 is 0 Å². The summed E-state index contributed by atoms with van der Waals surface area (Å²) >= 11 is 0. The van der Waals surface area contributed by atoms with Crippen LogP contribution in [0.5, 0.6) is 0 Å². The molecule has 6 heteroatoms. The van der Waals surface area contributed by atoms with Crippen LogP contribution in [0.2, 0.25) is 0 Å². The number of carbonyl (C=O) groups is 2. The van der Waals surface area contributed by atoms with E-state index in [-0.39, 0.29) is 12.3 Å². The van der Waals surface area contributed by atoms with E-state index < -0.39 is 12.0 Å². The predicted molar refractivity (Wildman–Crippen MR) is 81.4 cm³/mol. The van der Waals surface area contributed by atoms with Gasteiger partial charge in [-0.3, -0.25) is 4.79 Å². The average Bonchev–Trinajstić information content (AvgIpc) is 2.95. The van der Waals surface area contributed by atoms with E-state index in [1.54, 1.807) is 0 Å². The van der Waals surface area contributed by atoms with Gasteiger partial charge < -0.3 is 15.0 Å². The first-order valence-corrected chi connectivity index (χ1v) is 7.61. The molecule has 0 spiro atoms. The highest BCUT2D eigenvalue weighted by molar-refractivity contribution is 5.84. The predicted octanol–water partition coefficient (Wildman–Crippen LogP) is 1.96. The number of imidazole rings is 1. The van der Waals surface area contributed by atoms with Gasteiger partial charge in [0.25, 0.3) is 0 Å². The summed E-state index contributed by atoms with van der Waals surface area (Å²) in [5.74, 6) is -0.247. The molecule has 2 aromatic rings. The average molecular weight is 301 g/mol. The molecule has 1 fully saturated rings. The Morgan fingerprint density at radius 1 is 1.32 bits per heavy atom. The highest BCUT2D eigenvalue weighted by Gasteiger charge is 2.31. The Balaban J connectivity index is 1.64. The molecule has 2 N–H and O–H groups in total. The van der Waals surface area contributed by atoms with Crippen molar-refractivity contribution in [1.29, 1.82) is 0 Å². The zero-order chi connectivity index (χ0) is 15.5. The fourth-order valence-electron chi connectivity index (χ4n) is 2.98. The van der Waals surface area contributed by atoms with Crippen LogP contribution in [0.4, 0.5) is 0 Å². The maximum atomic E-state index is 12.3. The molecule has 1 amide bonds. The van der Waals surface area contributed by atoms with Gasteiger partial charge in [0.05, 0.1) is 11.0 Å². The van der Waals surface area contributed by atoms with Crippen molar-refractivity contribution < 1.29 is 14.7 Å². The minimum atomic E-state index is -0.906. The van der Waals surface area contributed by atoms with Crippen molar-refractivity contribution in [1.82, 2.24) is 14.9 Å². The first-order valence-electron chi connectivity index (χ1n) is 7.61. The number of hydrogen-bond donors (Lipinski definition) is 2. The van der Waals surface area contributed by atoms with Crippen molar-refractivity contribution in [3.05, 3.63) is 30.1 Å². The molecule has 1 aromatic carbocycles. The first-order chi connectivity index (χ1) is 10.6. The van der Waals surface area contributed by atoms with Crippen LogP contribution in [-0.4, -0.2) is 44.4 Å². The molecular weight excluding hydrogens is 282 g/mol. The molecule has 1 aliphatic rings. The number of nitrogens with one attached hydrogen (secondary N) is 1. The molecule has 0 saturated carbocycles. The highest BCUT2D eigenvalue weighted by Crippen LogP contribution is 2.19. The van der Waals surface area contributed by atoms with Gasteiger partial charge in [-0.1, -0.05) is 12.1 Å². The highest BCUT2D eigenvalue weighted by atomic mass is 16.4. The fourth-order valence-corrected chi connectivity index (χ4v) is 2.98. The Kier molecular flexibility index (Phi) is 4.09. The zero-order valence-electron chi connectivity index (χ0n) is 12.3. The molecule has 1 atom stereocenters. The van der Waals surface area contributed by atoms with Crippen LogP contribution in [0.1, 0.15) is 31.5 Å². The molecule has 1 aromatic heterocycles. The topological polar surface area (TPSA) is 86.3 Å². The Morgan fingerprint density at radius 3 is 2.91 bits per heavy atom. The van der Waals surface area contributed by atoms with Gasteiger partial charge >= 0.3 is 5.97 Å². The maximum Gasteiger partial charge on any atom is 0.326 e. The molecular formula is C16H19N3O3. The third kappa shape index (κ3) is 2.95. The molecule has 3 rings (SSSR count). The summed E-state index contributed by atoms with van der Waals surface area (Å²) in [5, 5.41) is 9.23. The van der Waals surface area contributed by atoms with E-state index in [2.05, 4.69) is 9.97 Å². The second kappa shape index (κ2) is 6.17. The van der Waals surface area contributed by atoms with Crippen molar-refractivity contribution in [2.45, 2.75) is 38.1 Å². The Morgan fingerprint density at radius 2 is 2.14 bits per heavy atom. The van der Waals surface area contributed by atoms with Crippen LogP contribution in [0.25, 0.3) is 11.0 Å². The summed E-state index contributed by atoms with van der Waals surface area (Å²) in [6, 6.07) is 7.04. The molecule has 0 bridgehead atoms. The van der Waals surface area contributed by atoms with Crippen molar-refractivity contribution in [3.8, 4) is 0 Å². The number of fused-ring (bicyclic) bond motifs is 1. The van der Waals surface area contributed by atoms with Gasteiger partial charge in [-0.15, -0.1) is 0 Å². The SMILES string of the molecule is O=C(O)[C@@H]1CCCCN1C(=O)CCc1nc2ccccc2[nH]1. The number of nitrogens with zero attached hydrogens (tertiary/aromatic N) is 2. The van der Waals surface area contributed by atoms with Crippen LogP contribution in [-0.2, 0) is 16.0 Å². The van der Waals surface area contributed by atoms with E-state index >= 15 is 0 Å². The van der Waals surface area contributed by atoms with Gasteiger partial charge in [0, 0.05) is 19.4 Å². The van der Waals surface area contributed by atoms with Gasteiger partial charge in [-0.2, -0.15) is 0 Å². The maximum absolute atomic E-state index is 12.3. The summed E-state index contributed by atoms with van der Waals surface area (Å²) in [4.78, 5) is 32.7. The second-order valence-corrected chi connectivity index (χ2v) is 5.64. The van der Waals surface area contributed by atoms with E-state index in [9.17, 15) is 14.7 Å². The van der Waals surface area contributed by atoms with Crippen LogP contribution in [0.3, 0.4) is 0 Å². The molecule has 1 aliphatic heterocycles. The van der Waals surface area contributed by atoms with Crippen LogP contribution in [0.15, 0.2) is 24.3 Å². The number of carboxylic acid groups (broad SMARTS) is 1. The standard InChI is InChI=1S/C16H19N3O3/c20-15(19-10-4-3-7-13(19)16(21)22)9-8-14-17-11-5-1-2-6-12(11)18-14/h1-2,5-6,13H,3-4,7-10H2,(H,17,18)(H,21,22)/t13-/m0/s1. The summed E-state index contributed by atoms with van der Waals surface area (Å²) in [6.07, 6.45) is 3.07. The monoisotopic (exact) mass is 301 g/mol. The van der Waals surface area contributed by atoms with Crippen LogP contribution >= 0.6 is 0 Å². The van der Waals surface area contributed by atoms with Crippen molar-refractivity contribution in [2.75, 3.05) is 6.54 Å². The summed E-state index contributed by atoms with van der Waals surface area (Å²) < 4.78 is 0. The number of aliphatic carboxylic acids is 1. The van der Waals surface area contributed by atoms with E-state index in [0.29, 0.717) is 19.4 Å². The Bertz CT molecular complexity index is 662. The van der Waals surface area contributed by atoms with Gasteiger partial charge in [0.15, 0.2) is 0 Å². The number of hydrogen-bond acceptors (Lipinski definition) is 3. The molecule has 2 heterocycles. The van der Waals surface area contributed by atoms with Gasteiger partial charge in [0.2, 0.25) is 5.91 Å². The smallest absolute Gasteiger partial charge is 0.326 e. The lowest BCUT2D eigenvalue weighted by Crippen LogP contribution is -2.48. The fraction of sp³-hybridized carbons (Fsp3) is 0.438. The van der Waals surface area contributed by atoms with Gasteiger partial charge in [-0.05, 0) is 31.4 Å². The lowest BCUT2D eigenvalue weighted by molar-refractivity contribution is -0.152. The largest absolute Gasteiger partial charge is 0.480 e. The summed E-state index contributed by atoms with van der Waals surface area (Å²) in [7, 11) is 0. The normalized spacial score (nSPS) is 18.5.